The summed E-state index contributed by atoms with van der Waals surface area (Å²) in [6.07, 6.45) is 1.66. The third kappa shape index (κ3) is 3.01. The second-order valence-corrected chi connectivity index (χ2v) is 6.00. The number of nitrogens with zero attached hydrogens (tertiary/aromatic N) is 3. The highest BCUT2D eigenvalue weighted by atomic mass is 79.9. The summed E-state index contributed by atoms with van der Waals surface area (Å²) in [6.45, 7) is 1.31. The van der Waals surface area contributed by atoms with E-state index in [4.69, 9.17) is 9.15 Å². The Morgan fingerprint density at radius 1 is 1.45 bits per heavy atom. The third-order valence-electron chi connectivity index (χ3n) is 3.12. The maximum Gasteiger partial charge on any atom is 0.294 e. The first-order chi connectivity index (χ1) is 9.72. The van der Waals surface area contributed by atoms with Crippen molar-refractivity contribution < 1.29 is 13.9 Å². The van der Waals surface area contributed by atoms with Crippen molar-refractivity contribution in [2.75, 3.05) is 13.1 Å². The molecule has 1 fully saturated rings. The predicted molar refractivity (Wildman–Crippen MR) is 75.9 cm³/mol. The number of aromatic nitrogens is 2. The van der Waals surface area contributed by atoms with E-state index in [1.54, 1.807) is 22.5 Å². The van der Waals surface area contributed by atoms with Gasteiger partial charge in [0.15, 0.2) is 10.4 Å². The lowest BCUT2D eigenvalue weighted by Crippen LogP contribution is -2.41. The molecule has 1 saturated heterocycles. The minimum atomic E-state index is -0.0786. The second-order valence-electron chi connectivity index (χ2n) is 4.42. The predicted octanol–water partition coefficient (Wildman–Crippen LogP) is 2.58. The number of amides is 1. The fraction of sp³-hybridized carbons (Fsp3) is 0.417. The molecule has 20 heavy (non-hydrogen) atoms. The molecule has 1 aliphatic heterocycles. The molecule has 0 spiro atoms. The van der Waals surface area contributed by atoms with Crippen LogP contribution < -0.4 is 4.74 Å². The van der Waals surface area contributed by atoms with Gasteiger partial charge in [-0.25, -0.2) is 0 Å². The zero-order valence-electron chi connectivity index (χ0n) is 10.5. The molecule has 0 unspecified atom stereocenters. The van der Waals surface area contributed by atoms with Gasteiger partial charge in [-0.2, -0.15) is 0 Å². The van der Waals surface area contributed by atoms with Crippen molar-refractivity contribution in [3.05, 3.63) is 28.1 Å². The van der Waals surface area contributed by atoms with Crippen LogP contribution >= 0.6 is 27.3 Å². The van der Waals surface area contributed by atoms with Crippen molar-refractivity contribution in [2.45, 2.75) is 18.9 Å². The molecular formula is C12H12BrN3O3S. The van der Waals surface area contributed by atoms with Crippen LogP contribution in [-0.4, -0.2) is 40.2 Å². The van der Waals surface area contributed by atoms with Crippen molar-refractivity contribution >= 4 is 33.2 Å². The molecule has 0 radical (unpaired) electrons. The number of carbonyl (C=O) groups is 1. The molecule has 0 saturated carbocycles. The van der Waals surface area contributed by atoms with Gasteiger partial charge >= 0.3 is 0 Å². The van der Waals surface area contributed by atoms with Gasteiger partial charge in [-0.05, 0) is 28.1 Å². The van der Waals surface area contributed by atoms with Crippen LogP contribution in [0.2, 0.25) is 0 Å². The van der Waals surface area contributed by atoms with Crippen LogP contribution in [0, 0.1) is 0 Å². The normalized spacial score (nSPS) is 16.4. The number of likely N-dealkylation sites (tertiary alicyclic amines) is 1. The number of hydrogen-bond acceptors (Lipinski definition) is 6. The van der Waals surface area contributed by atoms with E-state index in [9.17, 15) is 4.79 Å². The molecule has 8 heteroatoms. The number of hydrogen-bond donors (Lipinski definition) is 0. The van der Waals surface area contributed by atoms with Crippen LogP contribution in [-0.2, 0) is 0 Å². The molecule has 1 aliphatic rings. The summed E-state index contributed by atoms with van der Waals surface area (Å²) in [5.41, 5.74) is 1.64. The Kier molecular flexibility index (Phi) is 4.02. The van der Waals surface area contributed by atoms with Gasteiger partial charge in [0.1, 0.15) is 11.6 Å². The number of piperidine rings is 1. The van der Waals surface area contributed by atoms with Crippen LogP contribution in [0.4, 0.5) is 0 Å². The first-order valence-corrected chi connectivity index (χ1v) is 7.87. The SMILES string of the molecule is O=C(c1ccc(Br)o1)N1CCC(Oc2nncs2)CC1. The van der Waals surface area contributed by atoms with Crippen molar-refractivity contribution in [3.63, 3.8) is 0 Å². The molecule has 2 aromatic rings. The highest BCUT2D eigenvalue weighted by Gasteiger charge is 2.26. The monoisotopic (exact) mass is 357 g/mol. The summed E-state index contributed by atoms with van der Waals surface area (Å²) in [4.78, 5) is 14.0. The van der Waals surface area contributed by atoms with Crippen molar-refractivity contribution in [3.8, 4) is 5.19 Å². The van der Waals surface area contributed by atoms with E-state index >= 15 is 0 Å². The van der Waals surface area contributed by atoms with Crippen molar-refractivity contribution in [2.24, 2.45) is 0 Å². The average molecular weight is 358 g/mol. The molecule has 6 nitrogen and oxygen atoms in total. The number of ether oxygens (including phenoxy) is 1. The Bertz CT molecular complexity index is 579. The van der Waals surface area contributed by atoms with Gasteiger partial charge in [-0.1, -0.05) is 11.3 Å². The lowest BCUT2D eigenvalue weighted by molar-refractivity contribution is 0.0564. The summed E-state index contributed by atoms with van der Waals surface area (Å²) in [5.74, 6) is 0.283. The molecule has 0 aromatic carbocycles. The van der Waals surface area contributed by atoms with Crippen LogP contribution in [0.15, 0.2) is 26.7 Å². The molecule has 0 N–H and O–H groups in total. The van der Waals surface area contributed by atoms with E-state index in [0.717, 1.165) is 12.8 Å². The Labute approximate surface area is 127 Å². The maximum atomic E-state index is 12.2. The van der Waals surface area contributed by atoms with Gasteiger partial charge in [-0.3, -0.25) is 4.79 Å². The fourth-order valence-electron chi connectivity index (χ4n) is 2.12. The first-order valence-electron chi connectivity index (χ1n) is 6.20. The molecule has 3 heterocycles. The molecule has 3 rings (SSSR count). The van der Waals surface area contributed by atoms with Gasteiger partial charge in [0, 0.05) is 25.9 Å². The fourth-order valence-corrected chi connectivity index (χ4v) is 2.90. The molecule has 106 valence electrons. The minimum absolute atomic E-state index is 0.0786. The van der Waals surface area contributed by atoms with Gasteiger partial charge < -0.3 is 14.1 Å². The van der Waals surface area contributed by atoms with E-state index in [0.29, 0.717) is 28.7 Å². The zero-order valence-corrected chi connectivity index (χ0v) is 12.9. The van der Waals surface area contributed by atoms with E-state index < -0.39 is 0 Å². The van der Waals surface area contributed by atoms with Crippen LogP contribution in [0.5, 0.6) is 5.19 Å². The molecule has 2 aromatic heterocycles. The Morgan fingerprint density at radius 3 is 2.85 bits per heavy atom. The zero-order chi connectivity index (χ0) is 13.9. The van der Waals surface area contributed by atoms with E-state index in [1.165, 1.54) is 11.3 Å². The smallest absolute Gasteiger partial charge is 0.294 e. The summed E-state index contributed by atoms with van der Waals surface area (Å²) < 4.78 is 11.6. The van der Waals surface area contributed by atoms with Gasteiger partial charge in [-0.15, -0.1) is 10.2 Å². The minimum Gasteiger partial charge on any atom is -0.465 e. The first kappa shape index (κ1) is 13.6. The van der Waals surface area contributed by atoms with E-state index in [2.05, 4.69) is 26.1 Å². The lowest BCUT2D eigenvalue weighted by Gasteiger charge is -2.30. The van der Waals surface area contributed by atoms with E-state index in [1.807, 2.05) is 0 Å². The highest BCUT2D eigenvalue weighted by Crippen LogP contribution is 2.22. The van der Waals surface area contributed by atoms with Crippen molar-refractivity contribution in [1.82, 2.24) is 15.1 Å². The standard InChI is InChI=1S/C12H12BrN3O3S/c13-10-2-1-9(19-10)11(17)16-5-3-8(4-6-16)18-12-15-14-7-20-12/h1-2,7-8H,3-6H2. The Hall–Kier alpha value is -1.41. The summed E-state index contributed by atoms with van der Waals surface area (Å²) in [5, 5.41) is 8.18. The topological polar surface area (TPSA) is 68.5 Å². The van der Waals surface area contributed by atoms with Crippen LogP contribution in [0.1, 0.15) is 23.4 Å². The number of furan rings is 1. The Balaban J connectivity index is 1.54. The molecule has 0 bridgehead atoms. The molecular weight excluding hydrogens is 346 g/mol. The number of carbonyl (C=O) groups excluding carboxylic acids is 1. The summed E-state index contributed by atoms with van der Waals surface area (Å²) in [6, 6.07) is 3.40. The quantitative estimate of drug-likeness (QED) is 0.844. The van der Waals surface area contributed by atoms with Crippen LogP contribution in [0.3, 0.4) is 0 Å². The summed E-state index contributed by atoms with van der Waals surface area (Å²) >= 11 is 4.58. The third-order valence-corrected chi connectivity index (χ3v) is 4.13. The number of halogens is 1. The molecule has 0 aliphatic carbocycles. The Morgan fingerprint density at radius 2 is 2.25 bits per heavy atom. The van der Waals surface area contributed by atoms with E-state index in [-0.39, 0.29) is 12.0 Å². The molecule has 0 atom stereocenters. The highest BCUT2D eigenvalue weighted by molar-refractivity contribution is 9.10. The van der Waals surface area contributed by atoms with Crippen molar-refractivity contribution in [1.29, 1.82) is 0 Å². The van der Waals surface area contributed by atoms with Crippen LogP contribution in [0.25, 0.3) is 0 Å². The second kappa shape index (κ2) is 5.92. The maximum absolute atomic E-state index is 12.2. The summed E-state index contributed by atoms with van der Waals surface area (Å²) in [7, 11) is 0. The van der Waals surface area contributed by atoms with Gasteiger partial charge in [0.25, 0.3) is 11.1 Å². The molecule has 1 amide bonds. The average Bonchev–Trinajstić information content (AvgIpc) is 3.10. The number of rotatable bonds is 3. The van der Waals surface area contributed by atoms with Gasteiger partial charge in [0.2, 0.25) is 0 Å². The largest absolute Gasteiger partial charge is 0.465 e. The van der Waals surface area contributed by atoms with Gasteiger partial charge in [0.05, 0.1) is 0 Å². The lowest BCUT2D eigenvalue weighted by atomic mass is 10.1.